The Morgan fingerprint density at radius 2 is 2.10 bits per heavy atom. The maximum Gasteiger partial charge on any atom is 0.128 e. The van der Waals surface area contributed by atoms with E-state index in [-0.39, 0.29) is 0 Å². The SMILES string of the molecule is CNC(C)c1ccnc(N2CCC(N3CCCC3)C2)c1. The van der Waals surface area contributed by atoms with Crippen LogP contribution in [0.1, 0.15) is 37.8 Å². The largest absolute Gasteiger partial charge is 0.355 e. The van der Waals surface area contributed by atoms with Crippen molar-refractivity contribution in [3.05, 3.63) is 23.9 Å². The molecule has 4 nitrogen and oxygen atoms in total. The lowest BCUT2D eigenvalue weighted by Crippen LogP contribution is -2.35. The standard InChI is InChI=1S/C16H26N4/c1-13(17-2)14-5-7-18-16(11-14)20-10-6-15(12-20)19-8-3-4-9-19/h5,7,11,13,15,17H,3-4,6,8-10,12H2,1-2H3. The molecule has 4 heteroatoms. The molecule has 3 rings (SSSR count). The lowest BCUT2D eigenvalue weighted by Gasteiger charge is -2.24. The lowest BCUT2D eigenvalue weighted by atomic mass is 10.1. The van der Waals surface area contributed by atoms with Gasteiger partial charge in [-0.2, -0.15) is 0 Å². The van der Waals surface area contributed by atoms with Crippen LogP contribution in [0.3, 0.4) is 0 Å². The number of rotatable bonds is 4. The zero-order valence-electron chi connectivity index (χ0n) is 12.7. The normalized spacial score (nSPS) is 25.3. The number of hydrogen-bond donors (Lipinski definition) is 1. The molecular formula is C16H26N4. The molecule has 0 radical (unpaired) electrons. The van der Waals surface area contributed by atoms with Gasteiger partial charge in [-0.25, -0.2) is 4.98 Å². The van der Waals surface area contributed by atoms with Gasteiger partial charge < -0.3 is 10.2 Å². The van der Waals surface area contributed by atoms with Gasteiger partial charge in [-0.3, -0.25) is 4.90 Å². The Kier molecular flexibility index (Phi) is 4.22. The molecule has 0 spiro atoms. The van der Waals surface area contributed by atoms with Crippen molar-refractivity contribution in [2.45, 2.75) is 38.3 Å². The zero-order chi connectivity index (χ0) is 13.9. The van der Waals surface area contributed by atoms with Crippen LogP contribution >= 0.6 is 0 Å². The molecule has 2 unspecified atom stereocenters. The van der Waals surface area contributed by atoms with Gasteiger partial charge in [0.1, 0.15) is 5.82 Å². The highest BCUT2D eigenvalue weighted by Crippen LogP contribution is 2.25. The molecule has 110 valence electrons. The first kappa shape index (κ1) is 13.8. The number of hydrogen-bond acceptors (Lipinski definition) is 4. The minimum atomic E-state index is 0.383. The van der Waals surface area contributed by atoms with Crippen LogP contribution in [0.5, 0.6) is 0 Å². The highest BCUT2D eigenvalue weighted by atomic mass is 15.3. The number of likely N-dealkylation sites (tertiary alicyclic amines) is 1. The van der Waals surface area contributed by atoms with E-state index in [1.807, 2.05) is 13.2 Å². The topological polar surface area (TPSA) is 31.4 Å². The van der Waals surface area contributed by atoms with Gasteiger partial charge in [0, 0.05) is 31.4 Å². The van der Waals surface area contributed by atoms with E-state index in [0.717, 1.165) is 24.9 Å². The van der Waals surface area contributed by atoms with E-state index >= 15 is 0 Å². The van der Waals surface area contributed by atoms with E-state index in [1.54, 1.807) is 0 Å². The van der Waals surface area contributed by atoms with E-state index in [1.165, 1.54) is 37.9 Å². The van der Waals surface area contributed by atoms with Crippen LogP contribution in [0.25, 0.3) is 0 Å². The Morgan fingerprint density at radius 1 is 1.30 bits per heavy atom. The molecule has 2 atom stereocenters. The molecule has 3 heterocycles. The maximum atomic E-state index is 4.58. The van der Waals surface area contributed by atoms with Crippen LogP contribution in [-0.2, 0) is 0 Å². The van der Waals surface area contributed by atoms with Crippen LogP contribution in [0.2, 0.25) is 0 Å². The number of nitrogens with zero attached hydrogens (tertiary/aromatic N) is 3. The minimum absolute atomic E-state index is 0.383. The average molecular weight is 274 g/mol. The highest BCUT2D eigenvalue weighted by molar-refractivity contribution is 5.43. The van der Waals surface area contributed by atoms with Crippen LogP contribution < -0.4 is 10.2 Å². The van der Waals surface area contributed by atoms with E-state index < -0.39 is 0 Å². The summed E-state index contributed by atoms with van der Waals surface area (Å²) in [6, 6.07) is 5.48. The summed E-state index contributed by atoms with van der Waals surface area (Å²) in [7, 11) is 2.00. The van der Waals surface area contributed by atoms with E-state index in [0.29, 0.717) is 6.04 Å². The van der Waals surface area contributed by atoms with Crippen LogP contribution in [0, 0.1) is 0 Å². The second-order valence-corrected chi connectivity index (χ2v) is 6.09. The fourth-order valence-corrected chi connectivity index (χ4v) is 3.40. The molecule has 0 bridgehead atoms. The van der Waals surface area contributed by atoms with Crippen molar-refractivity contribution in [2.24, 2.45) is 0 Å². The molecule has 1 aromatic rings. The molecule has 0 saturated carbocycles. The second-order valence-electron chi connectivity index (χ2n) is 6.09. The van der Waals surface area contributed by atoms with Gasteiger partial charge in [0.25, 0.3) is 0 Å². The highest BCUT2D eigenvalue weighted by Gasteiger charge is 2.29. The van der Waals surface area contributed by atoms with Crippen molar-refractivity contribution in [1.82, 2.24) is 15.2 Å². The fraction of sp³-hybridized carbons (Fsp3) is 0.688. The Morgan fingerprint density at radius 3 is 2.85 bits per heavy atom. The average Bonchev–Trinajstić information content (AvgIpc) is 3.17. The van der Waals surface area contributed by atoms with Crippen molar-refractivity contribution >= 4 is 5.82 Å². The van der Waals surface area contributed by atoms with Gasteiger partial charge in [-0.05, 0) is 64.0 Å². The zero-order valence-corrected chi connectivity index (χ0v) is 12.7. The number of pyridine rings is 1. The van der Waals surface area contributed by atoms with Gasteiger partial charge in [-0.15, -0.1) is 0 Å². The summed E-state index contributed by atoms with van der Waals surface area (Å²) in [5.74, 6) is 1.14. The molecule has 2 aliphatic heterocycles. The van der Waals surface area contributed by atoms with Gasteiger partial charge in [0.05, 0.1) is 0 Å². The fourth-order valence-electron chi connectivity index (χ4n) is 3.40. The van der Waals surface area contributed by atoms with Crippen LogP contribution in [0.4, 0.5) is 5.82 Å². The smallest absolute Gasteiger partial charge is 0.128 e. The van der Waals surface area contributed by atoms with E-state index in [4.69, 9.17) is 0 Å². The third-order valence-corrected chi connectivity index (χ3v) is 4.85. The van der Waals surface area contributed by atoms with Gasteiger partial charge >= 0.3 is 0 Å². The first-order valence-corrected chi connectivity index (χ1v) is 7.90. The second kappa shape index (κ2) is 6.10. The van der Waals surface area contributed by atoms with E-state index in [9.17, 15) is 0 Å². The first-order chi connectivity index (χ1) is 9.78. The summed E-state index contributed by atoms with van der Waals surface area (Å²) >= 11 is 0. The summed E-state index contributed by atoms with van der Waals surface area (Å²) in [6.07, 6.45) is 5.99. The van der Waals surface area contributed by atoms with Crippen molar-refractivity contribution in [3.8, 4) is 0 Å². The molecule has 0 aliphatic carbocycles. The van der Waals surface area contributed by atoms with Crippen molar-refractivity contribution in [1.29, 1.82) is 0 Å². The molecule has 1 aromatic heterocycles. The van der Waals surface area contributed by atoms with Crippen molar-refractivity contribution < 1.29 is 0 Å². The van der Waals surface area contributed by atoms with Gasteiger partial charge in [0.15, 0.2) is 0 Å². The monoisotopic (exact) mass is 274 g/mol. The maximum absolute atomic E-state index is 4.58. The molecule has 2 saturated heterocycles. The predicted molar refractivity (Wildman–Crippen MR) is 83.1 cm³/mol. The Hall–Kier alpha value is -1.13. The van der Waals surface area contributed by atoms with Crippen molar-refractivity contribution in [3.63, 3.8) is 0 Å². The number of nitrogens with one attached hydrogen (secondary N) is 1. The third kappa shape index (κ3) is 2.81. The van der Waals surface area contributed by atoms with E-state index in [2.05, 4.69) is 39.2 Å². The predicted octanol–water partition coefficient (Wildman–Crippen LogP) is 2.04. The van der Waals surface area contributed by atoms with Crippen LogP contribution in [-0.4, -0.2) is 49.2 Å². The van der Waals surface area contributed by atoms with Crippen molar-refractivity contribution in [2.75, 3.05) is 38.1 Å². The summed E-state index contributed by atoms with van der Waals surface area (Å²) < 4.78 is 0. The Balaban J connectivity index is 1.67. The first-order valence-electron chi connectivity index (χ1n) is 7.90. The molecule has 20 heavy (non-hydrogen) atoms. The quantitative estimate of drug-likeness (QED) is 0.910. The third-order valence-electron chi connectivity index (χ3n) is 4.85. The summed E-state index contributed by atoms with van der Waals surface area (Å²) in [5, 5.41) is 3.30. The molecule has 1 N–H and O–H groups in total. The minimum Gasteiger partial charge on any atom is -0.355 e. The Bertz CT molecular complexity index is 442. The number of anilines is 1. The molecule has 2 aliphatic rings. The Labute approximate surface area is 122 Å². The molecular weight excluding hydrogens is 248 g/mol. The summed E-state index contributed by atoms with van der Waals surface area (Å²) in [6.45, 7) is 7.07. The summed E-state index contributed by atoms with van der Waals surface area (Å²) in [5.41, 5.74) is 1.32. The molecule has 2 fully saturated rings. The molecule has 0 aromatic carbocycles. The summed E-state index contributed by atoms with van der Waals surface area (Å²) in [4.78, 5) is 9.70. The van der Waals surface area contributed by atoms with Crippen LogP contribution in [0.15, 0.2) is 18.3 Å². The number of aromatic nitrogens is 1. The van der Waals surface area contributed by atoms with Gasteiger partial charge in [0.2, 0.25) is 0 Å². The molecule has 0 amide bonds. The van der Waals surface area contributed by atoms with Gasteiger partial charge in [-0.1, -0.05) is 0 Å². The lowest BCUT2D eigenvalue weighted by molar-refractivity contribution is 0.260.